The Morgan fingerprint density at radius 2 is 2.11 bits per heavy atom. The van der Waals surface area contributed by atoms with Gasteiger partial charge in [0.15, 0.2) is 0 Å². The molecule has 0 amide bonds. The topological polar surface area (TPSA) is 41.0 Å². The number of rotatable bonds is 4. The summed E-state index contributed by atoms with van der Waals surface area (Å²) in [5, 5.41) is 3.33. The highest BCUT2D eigenvalue weighted by atomic mass is 15.2. The molecule has 1 N–H and O–H groups in total. The van der Waals surface area contributed by atoms with Gasteiger partial charge in [-0.05, 0) is 31.1 Å². The summed E-state index contributed by atoms with van der Waals surface area (Å²) in [6.45, 7) is 10.1. The predicted molar refractivity (Wildman–Crippen MR) is 80.7 cm³/mol. The van der Waals surface area contributed by atoms with Gasteiger partial charge in [-0.1, -0.05) is 20.8 Å². The van der Waals surface area contributed by atoms with Crippen LogP contribution in [0.2, 0.25) is 0 Å². The Kier molecular flexibility index (Phi) is 4.61. The lowest BCUT2D eigenvalue weighted by atomic mass is 9.85. The highest BCUT2D eigenvalue weighted by Crippen LogP contribution is 2.31. The Morgan fingerprint density at radius 3 is 2.89 bits per heavy atom. The van der Waals surface area contributed by atoms with Crippen LogP contribution in [-0.4, -0.2) is 29.6 Å². The van der Waals surface area contributed by atoms with Crippen LogP contribution >= 0.6 is 0 Å². The maximum absolute atomic E-state index is 4.44. The first-order chi connectivity index (χ1) is 9.11. The van der Waals surface area contributed by atoms with E-state index in [0.29, 0.717) is 5.41 Å². The van der Waals surface area contributed by atoms with Crippen molar-refractivity contribution < 1.29 is 0 Å². The zero-order chi connectivity index (χ0) is 13.7. The van der Waals surface area contributed by atoms with Crippen LogP contribution in [-0.2, 0) is 0 Å². The van der Waals surface area contributed by atoms with Crippen LogP contribution in [0.5, 0.6) is 0 Å². The van der Waals surface area contributed by atoms with E-state index in [9.17, 15) is 0 Å². The Balaban J connectivity index is 2.04. The molecular weight excluding hydrogens is 236 g/mol. The molecule has 1 aromatic heterocycles. The van der Waals surface area contributed by atoms with E-state index in [1.54, 1.807) is 6.33 Å². The summed E-state index contributed by atoms with van der Waals surface area (Å²) in [6, 6.07) is 2.08. The third-order valence-corrected chi connectivity index (χ3v) is 3.87. The minimum Gasteiger partial charge on any atom is -0.370 e. The van der Waals surface area contributed by atoms with Gasteiger partial charge in [0.1, 0.15) is 18.0 Å². The van der Waals surface area contributed by atoms with Crippen molar-refractivity contribution in [3.63, 3.8) is 0 Å². The van der Waals surface area contributed by atoms with Crippen molar-refractivity contribution in [1.82, 2.24) is 9.97 Å². The summed E-state index contributed by atoms with van der Waals surface area (Å²) in [7, 11) is 0. The molecule has 1 aromatic rings. The van der Waals surface area contributed by atoms with Gasteiger partial charge in [-0.25, -0.2) is 9.97 Å². The van der Waals surface area contributed by atoms with Gasteiger partial charge in [0.05, 0.1) is 0 Å². The molecule has 4 heteroatoms. The van der Waals surface area contributed by atoms with Gasteiger partial charge >= 0.3 is 0 Å². The molecule has 4 nitrogen and oxygen atoms in total. The molecule has 1 aliphatic rings. The number of hydrogen-bond acceptors (Lipinski definition) is 4. The van der Waals surface area contributed by atoms with E-state index in [2.05, 4.69) is 47.0 Å². The maximum atomic E-state index is 4.44. The summed E-state index contributed by atoms with van der Waals surface area (Å²) in [6.07, 6.45) is 6.56. The fourth-order valence-corrected chi connectivity index (χ4v) is 2.52. The first-order valence-electron chi connectivity index (χ1n) is 7.41. The number of aromatic nitrogens is 2. The summed E-state index contributed by atoms with van der Waals surface area (Å²) in [5.74, 6) is 2.00. The minimum absolute atomic E-state index is 0.463. The van der Waals surface area contributed by atoms with Crippen LogP contribution in [0.15, 0.2) is 12.4 Å². The predicted octanol–water partition coefficient (Wildman–Crippen LogP) is 3.32. The molecule has 0 radical (unpaired) electrons. The van der Waals surface area contributed by atoms with Crippen molar-refractivity contribution in [2.45, 2.75) is 46.5 Å². The molecule has 0 aromatic carbocycles. The normalized spacial score (nSPS) is 19.0. The van der Waals surface area contributed by atoms with Crippen molar-refractivity contribution in [2.75, 3.05) is 29.9 Å². The van der Waals surface area contributed by atoms with Crippen LogP contribution in [0.1, 0.15) is 46.5 Å². The van der Waals surface area contributed by atoms with Crippen LogP contribution in [0.25, 0.3) is 0 Å². The lowest BCUT2D eigenvalue weighted by Crippen LogP contribution is -2.26. The molecule has 1 fully saturated rings. The number of anilines is 2. The van der Waals surface area contributed by atoms with E-state index in [4.69, 9.17) is 0 Å². The van der Waals surface area contributed by atoms with Crippen LogP contribution in [0.3, 0.4) is 0 Å². The van der Waals surface area contributed by atoms with E-state index in [1.165, 1.54) is 19.3 Å². The van der Waals surface area contributed by atoms with Crippen molar-refractivity contribution in [1.29, 1.82) is 0 Å². The third kappa shape index (κ3) is 4.08. The highest BCUT2D eigenvalue weighted by molar-refractivity contribution is 5.48. The van der Waals surface area contributed by atoms with E-state index in [0.717, 1.165) is 37.7 Å². The smallest absolute Gasteiger partial charge is 0.134 e. The quantitative estimate of drug-likeness (QED) is 0.903. The lowest BCUT2D eigenvalue weighted by molar-refractivity contribution is 0.325. The largest absolute Gasteiger partial charge is 0.370 e. The zero-order valence-electron chi connectivity index (χ0n) is 12.4. The average molecular weight is 262 g/mol. The molecule has 0 saturated carbocycles. The lowest BCUT2D eigenvalue weighted by Gasteiger charge is -2.24. The fraction of sp³-hybridized carbons (Fsp3) is 0.733. The minimum atomic E-state index is 0.463. The second kappa shape index (κ2) is 6.22. The average Bonchev–Trinajstić information content (AvgIpc) is 2.58. The molecule has 2 rings (SSSR count). The maximum Gasteiger partial charge on any atom is 0.134 e. The summed E-state index contributed by atoms with van der Waals surface area (Å²) in [4.78, 5) is 11.1. The summed E-state index contributed by atoms with van der Waals surface area (Å²) < 4.78 is 0. The molecule has 2 heterocycles. The number of nitrogens with zero attached hydrogens (tertiary/aromatic N) is 3. The molecular formula is C15H26N4. The van der Waals surface area contributed by atoms with Gasteiger partial charge in [-0.2, -0.15) is 0 Å². The molecule has 106 valence electrons. The highest BCUT2D eigenvalue weighted by Gasteiger charge is 2.23. The SMILES string of the molecule is CCCNc1cc(N2CCCC(C)(C)CC2)ncn1. The Hall–Kier alpha value is -1.32. The fourth-order valence-electron chi connectivity index (χ4n) is 2.52. The second-order valence-electron chi connectivity index (χ2n) is 6.19. The van der Waals surface area contributed by atoms with E-state index >= 15 is 0 Å². The van der Waals surface area contributed by atoms with Gasteiger partial charge < -0.3 is 10.2 Å². The Labute approximate surface area is 116 Å². The van der Waals surface area contributed by atoms with Gasteiger partial charge in [0.2, 0.25) is 0 Å². The van der Waals surface area contributed by atoms with Crippen LogP contribution in [0, 0.1) is 5.41 Å². The van der Waals surface area contributed by atoms with Gasteiger partial charge in [-0.3, -0.25) is 0 Å². The summed E-state index contributed by atoms with van der Waals surface area (Å²) >= 11 is 0. The van der Waals surface area contributed by atoms with E-state index < -0.39 is 0 Å². The summed E-state index contributed by atoms with van der Waals surface area (Å²) in [5.41, 5.74) is 0.463. The Morgan fingerprint density at radius 1 is 1.26 bits per heavy atom. The van der Waals surface area contributed by atoms with Crippen molar-refractivity contribution in [3.8, 4) is 0 Å². The molecule has 0 atom stereocenters. The first-order valence-corrected chi connectivity index (χ1v) is 7.41. The Bertz CT molecular complexity index is 403. The standard InChI is InChI=1S/C15H26N4/c1-4-8-16-13-11-14(18-12-17-13)19-9-5-6-15(2,3)7-10-19/h11-12H,4-10H2,1-3H3,(H,16,17,18). The second-order valence-corrected chi connectivity index (χ2v) is 6.19. The van der Waals surface area contributed by atoms with Crippen molar-refractivity contribution >= 4 is 11.6 Å². The molecule has 0 unspecified atom stereocenters. The third-order valence-electron chi connectivity index (χ3n) is 3.87. The van der Waals surface area contributed by atoms with Gasteiger partial charge in [-0.15, -0.1) is 0 Å². The first kappa shape index (κ1) is 14.1. The zero-order valence-corrected chi connectivity index (χ0v) is 12.4. The molecule has 0 bridgehead atoms. The van der Waals surface area contributed by atoms with Gasteiger partial charge in [0, 0.05) is 25.7 Å². The van der Waals surface area contributed by atoms with E-state index in [1.807, 2.05) is 0 Å². The van der Waals surface area contributed by atoms with Gasteiger partial charge in [0.25, 0.3) is 0 Å². The molecule has 0 spiro atoms. The van der Waals surface area contributed by atoms with Crippen molar-refractivity contribution in [3.05, 3.63) is 12.4 Å². The van der Waals surface area contributed by atoms with E-state index in [-0.39, 0.29) is 0 Å². The molecule has 1 aliphatic heterocycles. The molecule has 0 aliphatic carbocycles. The van der Waals surface area contributed by atoms with Crippen LogP contribution in [0.4, 0.5) is 11.6 Å². The van der Waals surface area contributed by atoms with Crippen LogP contribution < -0.4 is 10.2 Å². The monoisotopic (exact) mass is 262 g/mol. The number of nitrogens with one attached hydrogen (secondary N) is 1. The number of hydrogen-bond donors (Lipinski definition) is 1. The molecule has 1 saturated heterocycles. The van der Waals surface area contributed by atoms with Crippen molar-refractivity contribution in [2.24, 2.45) is 5.41 Å². The molecule has 19 heavy (non-hydrogen) atoms.